The van der Waals surface area contributed by atoms with Gasteiger partial charge in [-0.1, -0.05) is 6.42 Å². The average Bonchev–Trinajstić information content (AvgIpc) is 1.85. The van der Waals surface area contributed by atoms with Crippen molar-refractivity contribution in [3.8, 4) is 0 Å². The number of hydrogen-bond acceptors (Lipinski definition) is 1. The maximum absolute atomic E-state index is 2.64. The fraction of sp³-hybridized carbons (Fsp3) is 1.00. The van der Waals surface area contributed by atoms with Crippen molar-refractivity contribution in [1.29, 1.82) is 0 Å². The van der Waals surface area contributed by atoms with Crippen LogP contribution in [0.5, 0.6) is 0 Å². The molecule has 0 bridgehead atoms. The maximum atomic E-state index is 2.64. The van der Waals surface area contributed by atoms with Crippen LogP contribution in [0.15, 0.2) is 0 Å². The Kier molecular flexibility index (Phi) is 2.94. The highest BCUT2D eigenvalue weighted by Gasteiger charge is 2.26. The Morgan fingerprint density at radius 2 is 1.55 bits per heavy atom. The molecule has 0 aromatic rings. The van der Waals surface area contributed by atoms with Crippen molar-refractivity contribution in [3.63, 3.8) is 0 Å². The molecule has 0 radical (unpaired) electrons. The summed E-state index contributed by atoms with van der Waals surface area (Å²) in [5.41, 5.74) is 0. The van der Waals surface area contributed by atoms with Gasteiger partial charge in [0, 0.05) is 18.1 Å². The Bertz CT molecular complexity index is 110. The molecule has 1 heterocycles. The molecule has 0 amide bonds. The summed E-state index contributed by atoms with van der Waals surface area (Å²) < 4.78 is 0. The zero-order chi connectivity index (χ0) is 8.43. The quantitative estimate of drug-likeness (QED) is 0.562. The summed E-state index contributed by atoms with van der Waals surface area (Å²) in [4.78, 5) is 2.64. The van der Waals surface area contributed by atoms with Crippen LogP contribution in [0.4, 0.5) is 0 Å². The van der Waals surface area contributed by atoms with E-state index in [0.29, 0.717) is 0 Å². The Balaban J connectivity index is 2.55. The van der Waals surface area contributed by atoms with Crippen molar-refractivity contribution in [2.75, 3.05) is 0 Å². The van der Waals surface area contributed by atoms with Gasteiger partial charge in [-0.3, -0.25) is 4.90 Å². The first kappa shape index (κ1) is 9.05. The summed E-state index contributed by atoms with van der Waals surface area (Å²) in [5.74, 6) is 0. The van der Waals surface area contributed by atoms with Crippen LogP contribution in [0.2, 0.25) is 0 Å². The lowest BCUT2D eigenvalue weighted by molar-refractivity contribution is 0.0705. The number of rotatable bonds is 1. The van der Waals surface area contributed by atoms with Gasteiger partial charge < -0.3 is 0 Å². The predicted octanol–water partition coefficient (Wildman–Crippen LogP) is 2.66. The molecule has 0 aromatic heterocycles. The van der Waals surface area contributed by atoms with E-state index in [0.717, 1.165) is 18.1 Å². The minimum atomic E-state index is 0.722. The van der Waals surface area contributed by atoms with Gasteiger partial charge in [-0.25, -0.2) is 0 Å². The zero-order valence-electron chi connectivity index (χ0n) is 8.30. The number of hydrogen-bond donors (Lipinski definition) is 0. The summed E-state index contributed by atoms with van der Waals surface area (Å²) in [5, 5.41) is 0. The number of likely N-dealkylation sites (tertiary alicyclic amines) is 1. The molecule has 1 aliphatic heterocycles. The second kappa shape index (κ2) is 3.57. The van der Waals surface area contributed by atoms with Crippen LogP contribution in [-0.4, -0.2) is 23.0 Å². The van der Waals surface area contributed by atoms with Gasteiger partial charge in [-0.15, -0.1) is 0 Å². The predicted molar refractivity (Wildman–Crippen MR) is 49.8 cm³/mol. The molecule has 66 valence electrons. The fourth-order valence-corrected chi connectivity index (χ4v) is 2.46. The van der Waals surface area contributed by atoms with E-state index >= 15 is 0 Å². The monoisotopic (exact) mass is 155 g/mol. The summed E-state index contributed by atoms with van der Waals surface area (Å²) in [6, 6.07) is 2.33. The first-order valence-corrected chi connectivity index (χ1v) is 4.90. The summed E-state index contributed by atoms with van der Waals surface area (Å²) in [6.07, 6.45) is 4.20. The SMILES string of the molecule is CC(C)N1[C@H](C)CCC[C@H]1C. The molecule has 1 fully saturated rings. The second-order valence-corrected chi connectivity index (χ2v) is 4.17. The second-order valence-electron chi connectivity index (χ2n) is 4.17. The molecule has 2 atom stereocenters. The third kappa shape index (κ3) is 1.96. The van der Waals surface area contributed by atoms with Gasteiger partial charge in [-0.2, -0.15) is 0 Å². The molecule has 0 spiro atoms. The molecule has 0 aliphatic carbocycles. The van der Waals surface area contributed by atoms with E-state index in [4.69, 9.17) is 0 Å². The molecule has 0 saturated carbocycles. The third-order valence-electron chi connectivity index (χ3n) is 2.86. The molecule has 11 heavy (non-hydrogen) atoms. The van der Waals surface area contributed by atoms with Gasteiger partial charge in [0.1, 0.15) is 0 Å². The largest absolute Gasteiger partial charge is 0.296 e. The summed E-state index contributed by atoms with van der Waals surface area (Å²) in [6.45, 7) is 9.32. The van der Waals surface area contributed by atoms with Gasteiger partial charge in [0.2, 0.25) is 0 Å². The minimum Gasteiger partial charge on any atom is -0.296 e. The van der Waals surface area contributed by atoms with Gasteiger partial charge in [0.25, 0.3) is 0 Å². The lowest BCUT2D eigenvalue weighted by atomic mass is 9.96. The lowest BCUT2D eigenvalue weighted by Crippen LogP contribution is -2.47. The van der Waals surface area contributed by atoms with Crippen molar-refractivity contribution < 1.29 is 0 Å². The van der Waals surface area contributed by atoms with Crippen molar-refractivity contribution >= 4 is 0 Å². The summed E-state index contributed by atoms with van der Waals surface area (Å²) >= 11 is 0. The van der Waals surface area contributed by atoms with E-state index in [2.05, 4.69) is 32.6 Å². The van der Waals surface area contributed by atoms with Crippen LogP contribution in [0.25, 0.3) is 0 Å². The molecule has 1 saturated heterocycles. The molecule has 0 unspecified atom stereocenters. The molecule has 1 rings (SSSR count). The maximum Gasteiger partial charge on any atom is 0.00724 e. The molecule has 0 N–H and O–H groups in total. The first-order chi connectivity index (χ1) is 5.13. The molecule has 1 heteroatoms. The van der Waals surface area contributed by atoms with E-state index in [9.17, 15) is 0 Å². The average molecular weight is 155 g/mol. The molecular weight excluding hydrogens is 134 g/mol. The highest BCUT2D eigenvalue weighted by atomic mass is 15.2. The van der Waals surface area contributed by atoms with E-state index in [1.807, 2.05) is 0 Å². The molecule has 1 nitrogen and oxygen atoms in total. The van der Waals surface area contributed by atoms with Gasteiger partial charge in [0.15, 0.2) is 0 Å². The van der Waals surface area contributed by atoms with Crippen LogP contribution in [0.1, 0.15) is 47.0 Å². The van der Waals surface area contributed by atoms with E-state index in [1.54, 1.807) is 0 Å². The van der Waals surface area contributed by atoms with Crippen molar-refractivity contribution in [1.82, 2.24) is 4.90 Å². The molecule has 1 aliphatic rings. The lowest BCUT2D eigenvalue weighted by Gasteiger charge is -2.41. The Morgan fingerprint density at radius 3 is 1.82 bits per heavy atom. The van der Waals surface area contributed by atoms with E-state index in [-0.39, 0.29) is 0 Å². The van der Waals surface area contributed by atoms with Crippen LogP contribution < -0.4 is 0 Å². The van der Waals surface area contributed by atoms with Gasteiger partial charge in [-0.05, 0) is 40.5 Å². The van der Waals surface area contributed by atoms with Gasteiger partial charge in [0.05, 0.1) is 0 Å². The van der Waals surface area contributed by atoms with Gasteiger partial charge >= 0.3 is 0 Å². The van der Waals surface area contributed by atoms with Crippen molar-refractivity contribution in [2.45, 2.75) is 65.1 Å². The highest BCUT2D eigenvalue weighted by Crippen LogP contribution is 2.24. The number of piperidine rings is 1. The van der Waals surface area contributed by atoms with Crippen LogP contribution in [0.3, 0.4) is 0 Å². The smallest absolute Gasteiger partial charge is 0.00724 e. The van der Waals surface area contributed by atoms with E-state index in [1.165, 1.54) is 19.3 Å². The van der Waals surface area contributed by atoms with Crippen molar-refractivity contribution in [3.05, 3.63) is 0 Å². The number of nitrogens with zero attached hydrogens (tertiary/aromatic N) is 1. The first-order valence-electron chi connectivity index (χ1n) is 4.90. The van der Waals surface area contributed by atoms with Crippen LogP contribution in [0, 0.1) is 0 Å². The fourth-order valence-electron chi connectivity index (χ4n) is 2.46. The topological polar surface area (TPSA) is 3.24 Å². The zero-order valence-corrected chi connectivity index (χ0v) is 8.30. The highest BCUT2D eigenvalue weighted by molar-refractivity contribution is 4.81. The van der Waals surface area contributed by atoms with Crippen molar-refractivity contribution in [2.24, 2.45) is 0 Å². The molecular formula is C10H21N. The minimum absolute atomic E-state index is 0.722. The van der Waals surface area contributed by atoms with Crippen LogP contribution in [-0.2, 0) is 0 Å². The Morgan fingerprint density at radius 1 is 1.09 bits per heavy atom. The van der Waals surface area contributed by atoms with Crippen LogP contribution >= 0.6 is 0 Å². The normalized spacial score (nSPS) is 34.6. The third-order valence-corrected chi connectivity index (χ3v) is 2.86. The Labute approximate surface area is 70.8 Å². The standard InChI is InChI=1S/C10H21N/c1-8(2)11-9(3)6-5-7-10(11)4/h8-10H,5-7H2,1-4H3/t9-,10-/m1/s1. The Hall–Kier alpha value is -0.0400. The summed E-state index contributed by atoms with van der Waals surface area (Å²) in [7, 11) is 0. The molecule has 0 aromatic carbocycles. The van der Waals surface area contributed by atoms with E-state index < -0.39 is 0 Å².